The topological polar surface area (TPSA) is 9.23 Å². The molecular weight excluding hydrogens is 401 g/mol. The summed E-state index contributed by atoms with van der Waals surface area (Å²) < 4.78 is 97.9. The molecule has 0 atom stereocenters. The summed E-state index contributed by atoms with van der Waals surface area (Å²) in [6, 6.07) is 0.951. The Bertz CT molecular complexity index is 666. The smallest absolute Gasteiger partial charge is 0.409 e. The van der Waals surface area contributed by atoms with Crippen LogP contribution in [0, 0.1) is 23.5 Å². The molecular formula is C21H25F7O. The minimum atomic E-state index is -4.75. The normalized spacial score (nSPS) is 21.0. The molecule has 1 aromatic rings. The Hall–Kier alpha value is -1.73. The van der Waals surface area contributed by atoms with Crippen LogP contribution in [0.5, 0.6) is 5.75 Å². The first kappa shape index (κ1) is 23.5. The van der Waals surface area contributed by atoms with E-state index in [2.05, 4.69) is 11.7 Å². The van der Waals surface area contributed by atoms with Crippen LogP contribution in [0.4, 0.5) is 30.7 Å². The summed E-state index contributed by atoms with van der Waals surface area (Å²) in [4.78, 5) is 0. The van der Waals surface area contributed by atoms with Crippen LogP contribution in [-0.4, -0.2) is 12.3 Å². The molecule has 0 aliphatic heterocycles. The molecule has 1 aromatic carbocycles. The van der Waals surface area contributed by atoms with Crippen LogP contribution in [0.2, 0.25) is 0 Å². The summed E-state index contributed by atoms with van der Waals surface area (Å²) in [6.45, 7) is 2.10. The van der Waals surface area contributed by atoms with Crippen molar-refractivity contribution in [2.24, 2.45) is 11.8 Å². The summed E-state index contributed by atoms with van der Waals surface area (Å²) in [6.07, 6.45) is -2.38. The fraction of sp³-hybridized carbons (Fsp3) is 0.619. The molecule has 0 aromatic heterocycles. The Morgan fingerprint density at radius 2 is 1.55 bits per heavy atom. The Morgan fingerprint density at radius 3 is 2.07 bits per heavy atom. The van der Waals surface area contributed by atoms with Crippen molar-refractivity contribution in [3.63, 3.8) is 0 Å². The Balaban J connectivity index is 2.01. The van der Waals surface area contributed by atoms with Crippen LogP contribution >= 0.6 is 0 Å². The number of hydrogen-bond donors (Lipinski definition) is 0. The number of allylic oxidation sites excluding steroid dienone is 1. The van der Waals surface area contributed by atoms with Gasteiger partial charge >= 0.3 is 12.3 Å². The molecule has 0 unspecified atom stereocenters. The Kier molecular flexibility index (Phi) is 8.00. The number of alkyl halides is 5. The zero-order valence-electron chi connectivity index (χ0n) is 16.2. The van der Waals surface area contributed by atoms with Gasteiger partial charge in [0, 0.05) is 23.8 Å². The van der Waals surface area contributed by atoms with Gasteiger partial charge in [0.05, 0.1) is 5.92 Å². The van der Waals surface area contributed by atoms with Gasteiger partial charge in [-0.2, -0.15) is 22.0 Å². The van der Waals surface area contributed by atoms with Gasteiger partial charge in [-0.1, -0.05) is 32.6 Å². The van der Waals surface area contributed by atoms with Crippen molar-refractivity contribution in [2.45, 2.75) is 70.6 Å². The standard InChI is InChI=1S/C21H25F7O/c1-2-3-4-5-14-6-8-15(9-7-14)21(27,28)29-16-12-18(22)17(19(23)13-16)10-11-20(24,25)26/h10-15H,2-9H2,1H3. The number of ether oxygens (including phenoxy) is 1. The van der Waals surface area contributed by atoms with E-state index in [9.17, 15) is 30.7 Å². The van der Waals surface area contributed by atoms with Crippen molar-refractivity contribution in [3.8, 4) is 5.75 Å². The molecule has 0 spiro atoms. The second kappa shape index (κ2) is 9.85. The summed E-state index contributed by atoms with van der Waals surface area (Å²) in [7, 11) is 0. The van der Waals surface area contributed by atoms with Crippen LogP contribution in [0.15, 0.2) is 18.2 Å². The maximum Gasteiger partial charge on any atom is 0.409 e. The predicted octanol–water partition coefficient (Wildman–Crippen LogP) is 7.90. The van der Waals surface area contributed by atoms with Crippen molar-refractivity contribution < 1.29 is 35.5 Å². The first-order valence-corrected chi connectivity index (χ1v) is 9.83. The number of halogens is 7. The molecule has 1 aliphatic rings. The Morgan fingerprint density at radius 1 is 0.966 bits per heavy atom. The third-order valence-electron chi connectivity index (χ3n) is 5.28. The first-order chi connectivity index (χ1) is 13.5. The van der Waals surface area contributed by atoms with E-state index in [0.717, 1.165) is 25.7 Å². The molecule has 0 N–H and O–H groups in total. The molecule has 0 heterocycles. The lowest BCUT2D eigenvalue weighted by Crippen LogP contribution is -2.37. The van der Waals surface area contributed by atoms with Gasteiger partial charge in [0.25, 0.3) is 0 Å². The fourth-order valence-electron chi connectivity index (χ4n) is 3.67. The maximum atomic E-state index is 14.5. The van der Waals surface area contributed by atoms with Crippen molar-refractivity contribution in [3.05, 3.63) is 35.4 Å². The van der Waals surface area contributed by atoms with E-state index in [4.69, 9.17) is 0 Å². The summed E-state index contributed by atoms with van der Waals surface area (Å²) in [5, 5.41) is 0. The predicted molar refractivity (Wildman–Crippen MR) is 96.6 cm³/mol. The second-order valence-electron chi connectivity index (χ2n) is 7.55. The minimum absolute atomic E-state index is 0.215. The second-order valence-corrected chi connectivity index (χ2v) is 7.55. The average molecular weight is 426 g/mol. The third-order valence-corrected chi connectivity index (χ3v) is 5.28. The van der Waals surface area contributed by atoms with Crippen LogP contribution in [0.3, 0.4) is 0 Å². The molecule has 8 heteroatoms. The maximum absolute atomic E-state index is 14.5. The number of hydrogen-bond acceptors (Lipinski definition) is 1. The van der Waals surface area contributed by atoms with Gasteiger partial charge in [0.2, 0.25) is 0 Å². The van der Waals surface area contributed by atoms with E-state index in [1.165, 1.54) is 0 Å². The van der Waals surface area contributed by atoms with E-state index in [0.29, 0.717) is 30.9 Å². The van der Waals surface area contributed by atoms with Crippen molar-refractivity contribution >= 4 is 6.08 Å². The van der Waals surface area contributed by atoms with Gasteiger partial charge in [-0.3, -0.25) is 0 Å². The molecule has 29 heavy (non-hydrogen) atoms. The lowest BCUT2D eigenvalue weighted by Gasteiger charge is -2.33. The van der Waals surface area contributed by atoms with Crippen LogP contribution < -0.4 is 4.74 Å². The highest BCUT2D eigenvalue weighted by molar-refractivity contribution is 5.53. The molecule has 1 saturated carbocycles. The van der Waals surface area contributed by atoms with Gasteiger partial charge in [-0.25, -0.2) is 8.78 Å². The largest absolute Gasteiger partial charge is 0.432 e. The molecule has 1 nitrogen and oxygen atoms in total. The quantitative estimate of drug-likeness (QED) is 0.303. The van der Waals surface area contributed by atoms with Crippen LogP contribution in [-0.2, 0) is 0 Å². The van der Waals surface area contributed by atoms with Gasteiger partial charge in [0.15, 0.2) is 0 Å². The minimum Gasteiger partial charge on any atom is -0.432 e. The SMILES string of the molecule is CCCCCC1CCC(C(F)(F)Oc2cc(F)c(C=CC(F)(F)F)c(F)c2)CC1. The van der Waals surface area contributed by atoms with Gasteiger partial charge in [0.1, 0.15) is 17.4 Å². The zero-order chi connectivity index (χ0) is 21.7. The van der Waals surface area contributed by atoms with Gasteiger partial charge < -0.3 is 4.74 Å². The first-order valence-electron chi connectivity index (χ1n) is 9.83. The molecule has 2 rings (SSSR count). The van der Waals surface area contributed by atoms with E-state index in [-0.39, 0.29) is 25.0 Å². The Labute approximate surface area is 165 Å². The number of unbranched alkanes of at least 4 members (excludes halogenated alkanes) is 2. The van der Waals surface area contributed by atoms with E-state index < -0.39 is 41.2 Å². The van der Waals surface area contributed by atoms with E-state index >= 15 is 0 Å². The highest BCUT2D eigenvalue weighted by Gasteiger charge is 2.44. The van der Waals surface area contributed by atoms with Crippen LogP contribution in [0.25, 0.3) is 6.08 Å². The number of rotatable bonds is 8. The molecule has 0 saturated heterocycles. The molecule has 1 aliphatic carbocycles. The molecule has 0 radical (unpaired) electrons. The highest BCUT2D eigenvalue weighted by atomic mass is 19.4. The fourth-order valence-corrected chi connectivity index (χ4v) is 3.67. The molecule has 0 bridgehead atoms. The third kappa shape index (κ3) is 7.23. The zero-order valence-corrected chi connectivity index (χ0v) is 16.2. The summed E-state index contributed by atoms with van der Waals surface area (Å²) in [5.41, 5.74) is -0.967. The van der Waals surface area contributed by atoms with E-state index in [1.807, 2.05) is 0 Å². The molecule has 1 fully saturated rings. The highest BCUT2D eigenvalue weighted by Crippen LogP contribution is 2.41. The van der Waals surface area contributed by atoms with Crippen molar-refractivity contribution in [1.29, 1.82) is 0 Å². The molecule has 0 amide bonds. The van der Waals surface area contributed by atoms with Gasteiger partial charge in [-0.05, 0) is 37.7 Å². The van der Waals surface area contributed by atoms with Crippen molar-refractivity contribution in [2.75, 3.05) is 0 Å². The van der Waals surface area contributed by atoms with Crippen molar-refractivity contribution in [1.82, 2.24) is 0 Å². The van der Waals surface area contributed by atoms with Crippen LogP contribution in [0.1, 0.15) is 63.9 Å². The molecule has 164 valence electrons. The van der Waals surface area contributed by atoms with Gasteiger partial charge in [-0.15, -0.1) is 0 Å². The number of benzene rings is 1. The lowest BCUT2D eigenvalue weighted by atomic mass is 9.79. The summed E-state index contributed by atoms with van der Waals surface area (Å²) in [5.74, 6) is -4.23. The lowest BCUT2D eigenvalue weighted by molar-refractivity contribution is -0.223. The van der Waals surface area contributed by atoms with E-state index in [1.54, 1.807) is 0 Å². The summed E-state index contributed by atoms with van der Waals surface area (Å²) >= 11 is 0. The average Bonchev–Trinajstić information content (AvgIpc) is 2.60. The monoisotopic (exact) mass is 426 g/mol.